The van der Waals surface area contributed by atoms with Crippen LogP contribution in [0.1, 0.15) is 12.3 Å². The Balaban J connectivity index is 1.59. The van der Waals surface area contributed by atoms with Gasteiger partial charge in [0.05, 0.1) is 32.1 Å². The van der Waals surface area contributed by atoms with Crippen molar-refractivity contribution >= 4 is 28.6 Å². The third kappa shape index (κ3) is 3.88. The molecule has 0 radical (unpaired) electrons. The van der Waals surface area contributed by atoms with Crippen LogP contribution < -0.4 is 29.6 Å². The van der Waals surface area contributed by atoms with Gasteiger partial charge in [-0.15, -0.1) is 0 Å². The third-order valence-corrected chi connectivity index (χ3v) is 4.80. The zero-order valence-electron chi connectivity index (χ0n) is 28.5. The second-order valence-corrected chi connectivity index (χ2v) is 6.78. The molecule has 5 rings (SSSR count). The highest BCUT2D eigenvalue weighted by molar-refractivity contribution is 5.91. The molecule has 0 saturated carbocycles. The van der Waals surface area contributed by atoms with Gasteiger partial charge in [0, 0.05) is 37.5 Å². The summed E-state index contributed by atoms with van der Waals surface area (Å²) in [6.07, 6.45) is -3.08. The molecule has 0 bridgehead atoms. The summed E-state index contributed by atoms with van der Waals surface area (Å²) >= 11 is 0. The maximum Gasteiger partial charge on any atom is 0.267 e. The van der Waals surface area contributed by atoms with Gasteiger partial charge in [0.2, 0.25) is 12.0 Å². The van der Waals surface area contributed by atoms with Gasteiger partial charge in [-0.1, -0.05) is 12.1 Å². The lowest BCUT2D eigenvalue weighted by Gasteiger charge is -2.37. The molecule has 1 aromatic heterocycles. The van der Waals surface area contributed by atoms with Crippen LogP contribution in [-0.4, -0.2) is 73.7 Å². The molecule has 2 N–H and O–H groups in total. The smallest absolute Gasteiger partial charge is 0.267 e. The first kappa shape index (κ1) is 11.8. The average Bonchev–Trinajstić information content (AvgIpc) is 2.92. The molecular formula is C23H25N5O5. The van der Waals surface area contributed by atoms with Gasteiger partial charge in [0.15, 0.2) is 25.8 Å². The zero-order valence-corrected chi connectivity index (χ0v) is 17.5. The van der Waals surface area contributed by atoms with Crippen molar-refractivity contribution < 1.29 is 38.9 Å². The van der Waals surface area contributed by atoms with E-state index in [-0.39, 0.29) is 39.6 Å². The highest BCUT2D eigenvalue weighted by Crippen LogP contribution is 2.34. The van der Waals surface area contributed by atoms with Gasteiger partial charge >= 0.3 is 0 Å². The number of rotatable bonds is 5. The molecule has 33 heavy (non-hydrogen) atoms. The SMILES string of the molecule is [2H]c1c(OC)c(OC)c([2H])c2c(N([2H])[2H])nc(N3C([2H])([2H])CN(C(=O)C4([2H])Oc5ccccc5OC4([2H])[2H])CC3([2H])[2H])nc12. The van der Waals surface area contributed by atoms with Crippen molar-refractivity contribution in [3.8, 4) is 23.0 Å². The summed E-state index contributed by atoms with van der Waals surface area (Å²) in [5, 5.41) is -0.288. The largest absolute Gasteiger partial charge is 0.493 e. The number of amides is 1. The van der Waals surface area contributed by atoms with Crippen LogP contribution in [-0.2, 0) is 4.79 Å². The van der Waals surface area contributed by atoms with E-state index >= 15 is 0 Å². The van der Waals surface area contributed by atoms with Crippen LogP contribution in [0.15, 0.2) is 36.4 Å². The number of aromatic nitrogens is 2. The summed E-state index contributed by atoms with van der Waals surface area (Å²) in [6, 6.07) is 4.86. The number of hydrogen-bond donors (Lipinski definition) is 1. The highest BCUT2D eigenvalue weighted by atomic mass is 16.6. The molecule has 3 aromatic rings. The number of para-hydroxylation sites is 2. The number of hydrogen-bond acceptors (Lipinski definition) is 9. The first-order valence-electron chi connectivity index (χ1n) is 15.1. The van der Waals surface area contributed by atoms with E-state index in [0.717, 1.165) is 0 Å². The second-order valence-electron chi connectivity index (χ2n) is 6.78. The van der Waals surface area contributed by atoms with Crippen molar-refractivity contribution in [1.82, 2.24) is 14.9 Å². The Labute approximate surface area is 206 Å². The van der Waals surface area contributed by atoms with E-state index in [1.54, 1.807) is 0 Å². The Morgan fingerprint density at radius 3 is 2.67 bits per heavy atom. The Bertz CT molecular complexity index is 1650. The number of ether oxygens (including phenoxy) is 4. The van der Waals surface area contributed by atoms with E-state index in [9.17, 15) is 4.79 Å². The van der Waals surface area contributed by atoms with Gasteiger partial charge in [0.25, 0.3) is 5.91 Å². The van der Waals surface area contributed by atoms with Crippen LogP contribution in [0.25, 0.3) is 10.9 Å². The molecule has 1 amide bonds. The maximum absolute atomic E-state index is 13.6. The Morgan fingerprint density at radius 1 is 1.21 bits per heavy atom. The first-order chi connectivity index (χ1) is 20.4. The number of carbonyl (C=O) groups excluding carboxylic acids is 1. The number of piperazine rings is 1. The first-order valence-corrected chi connectivity index (χ1v) is 9.67. The fraction of sp³-hybridized carbons (Fsp3) is 0.348. The molecule has 3 heterocycles. The van der Waals surface area contributed by atoms with E-state index in [1.165, 1.54) is 38.5 Å². The van der Waals surface area contributed by atoms with Crippen LogP contribution in [0.2, 0.25) is 2.82 Å². The standard InChI is InChI=1S/C23H25N5O5/c1-30-18-11-14-15(12-19(18)31-2)25-23(26-21(14)24)28-9-7-27(8-10-28)22(29)20-13-32-16-5-3-4-6-17(16)33-20/h3-6,11-12,20H,7-10,13H2,1-2H3,(H2,24,25,26)/i9D2,10D2,11D,12D,13D2,20D/hD2. The second kappa shape index (κ2) is 8.53. The van der Waals surface area contributed by atoms with E-state index in [0.29, 0.717) is 9.80 Å². The number of benzene rings is 2. The minimum absolute atomic E-state index is 0.00792. The molecule has 10 nitrogen and oxygen atoms in total. The molecule has 0 aliphatic carbocycles. The molecule has 1 saturated heterocycles. The summed E-state index contributed by atoms with van der Waals surface area (Å²) in [6.45, 7) is -10.6. The number of anilines is 2. The predicted molar refractivity (Wildman–Crippen MR) is 122 cm³/mol. The molecule has 2 aliphatic rings. The molecule has 1 atom stereocenters. The van der Waals surface area contributed by atoms with Gasteiger partial charge in [-0.05, 0) is 18.2 Å². The third-order valence-electron chi connectivity index (χ3n) is 4.80. The number of nitrogen functional groups attached to an aromatic ring is 1. The summed E-state index contributed by atoms with van der Waals surface area (Å²) in [7, 11) is 2.43. The molecule has 0 spiro atoms. The van der Waals surface area contributed by atoms with Crippen molar-refractivity contribution in [3.05, 3.63) is 36.4 Å². The van der Waals surface area contributed by atoms with Crippen molar-refractivity contribution in [1.29, 1.82) is 0 Å². The lowest BCUT2D eigenvalue weighted by molar-refractivity contribution is -0.141. The van der Waals surface area contributed by atoms with Gasteiger partial charge in [-0.2, -0.15) is 4.98 Å². The fourth-order valence-corrected chi connectivity index (χ4v) is 3.16. The van der Waals surface area contributed by atoms with Crippen molar-refractivity contribution in [2.45, 2.75) is 6.08 Å². The quantitative estimate of drug-likeness (QED) is 0.605. The van der Waals surface area contributed by atoms with E-state index < -0.39 is 68.5 Å². The highest BCUT2D eigenvalue weighted by Gasteiger charge is 2.33. The predicted octanol–water partition coefficient (Wildman–Crippen LogP) is 1.72. The van der Waals surface area contributed by atoms with Gasteiger partial charge in [-0.3, -0.25) is 4.79 Å². The fourth-order valence-electron chi connectivity index (χ4n) is 3.16. The minimum atomic E-state index is -3.08. The Morgan fingerprint density at radius 2 is 1.94 bits per heavy atom. The topological polar surface area (TPSA) is 112 Å². The molecule has 1 unspecified atom stereocenters. The Kier molecular flexibility index (Phi) is 3.05. The summed E-state index contributed by atoms with van der Waals surface area (Å²) in [4.78, 5) is 22.8. The lowest BCUT2D eigenvalue weighted by Crippen LogP contribution is -2.54. The van der Waals surface area contributed by atoms with Gasteiger partial charge < -0.3 is 34.5 Å². The van der Waals surface area contributed by atoms with Crippen molar-refractivity contribution in [2.75, 3.05) is 57.5 Å². The number of nitrogens with two attached hydrogens (primary N) is 1. The van der Waals surface area contributed by atoms with Gasteiger partial charge in [0.1, 0.15) is 12.4 Å². The van der Waals surface area contributed by atoms with E-state index in [4.69, 9.17) is 34.1 Å². The number of carbonyl (C=O) groups is 1. The van der Waals surface area contributed by atoms with Crippen LogP contribution in [0.3, 0.4) is 0 Å². The number of methoxy groups -OCH3 is 2. The maximum atomic E-state index is 13.6. The molecular weight excluding hydrogens is 426 g/mol. The van der Waals surface area contributed by atoms with Crippen LogP contribution in [0, 0.1) is 0 Å². The van der Waals surface area contributed by atoms with Crippen LogP contribution >= 0.6 is 0 Å². The Hall–Kier alpha value is -3.95. The molecule has 1 fully saturated rings. The minimum Gasteiger partial charge on any atom is -0.493 e. The lowest BCUT2D eigenvalue weighted by atomic mass is 10.2. The van der Waals surface area contributed by atoms with Crippen molar-refractivity contribution in [3.63, 3.8) is 0 Å². The summed E-state index contributed by atoms with van der Waals surface area (Å²) < 4.78 is 114. The molecule has 2 aliphatic heterocycles. The monoisotopic (exact) mass is 462 g/mol. The van der Waals surface area contributed by atoms with Gasteiger partial charge in [-0.25, -0.2) is 4.98 Å². The molecule has 2 aromatic carbocycles. The van der Waals surface area contributed by atoms with Crippen molar-refractivity contribution in [2.24, 2.45) is 0 Å². The normalized spacial score (nSPS) is 29.2. The number of fused-ring (bicyclic) bond motifs is 2. The molecule has 10 heteroatoms. The van der Waals surface area contributed by atoms with Crippen LogP contribution in [0.5, 0.6) is 23.0 Å². The number of nitrogens with zero attached hydrogens (tertiary/aromatic N) is 4. The summed E-state index contributed by atoms with van der Waals surface area (Å²) in [5.74, 6) is -3.35. The van der Waals surface area contributed by atoms with E-state index in [1.807, 2.05) is 0 Å². The molecule has 172 valence electrons. The van der Waals surface area contributed by atoms with Crippen LogP contribution in [0.4, 0.5) is 11.8 Å². The zero-order chi connectivity index (χ0) is 32.6. The van der Waals surface area contributed by atoms with E-state index in [2.05, 4.69) is 9.97 Å². The average molecular weight is 463 g/mol. The summed E-state index contributed by atoms with van der Waals surface area (Å²) in [5.41, 5.74) is -0.376.